The number of nitrogens with one attached hydrogen (secondary N) is 3. The van der Waals surface area contributed by atoms with Gasteiger partial charge in [0.2, 0.25) is 0 Å². The lowest BCUT2D eigenvalue weighted by Crippen LogP contribution is -2.21. The maximum atomic E-state index is 10.6. The first kappa shape index (κ1) is 24.2. The Balaban J connectivity index is 1.21. The van der Waals surface area contributed by atoms with Gasteiger partial charge in [-0.1, -0.05) is 30.3 Å². The number of hydrogen-bond acceptors (Lipinski definition) is 7. The second-order valence-corrected chi connectivity index (χ2v) is 11.0. The summed E-state index contributed by atoms with van der Waals surface area (Å²) >= 11 is 1.77. The lowest BCUT2D eigenvalue weighted by atomic mass is 10.1. The Kier molecular flexibility index (Phi) is 6.07. The zero-order chi connectivity index (χ0) is 27.1. The first-order valence-corrected chi connectivity index (χ1v) is 13.8. The number of aliphatic hydroxyl groups excluding tert-OH is 1. The van der Waals surface area contributed by atoms with E-state index in [4.69, 9.17) is 4.98 Å². The SMILES string of the molecule is Cc1ccc(-c2ccnc3[nH]c(-c4n[nH]c5ccc(-c6cncc(NC(O)Cc7ccccc7)c6)nc45)cc23)s1. The van der Waals surface area contributed by atoms with Crippen LogP contribution in [0.1, 0.15) is 10.4 Å². The van der Waals surface area contributed by atoms with Crippen molar-refractivity contribution in [3.63, 3.8) is 0 Å². The van der Waals surface area contributed by atoms with Gasteiger partial charge < -0.3 is 15.4 Å². The minimum Gasteiger partial charge on any atom is -0.373 e. The smallest absolute Gasteiger partial charge is 0.138 e. The van der Waals surface area contributed by atoms with Crippen molar-refractivity contribution >= 4 is 39.1 Å². The molecule has 8 nitrogen and oxygen atoms in total. The van der Waals surface area contributed by atoms with Crippen molar-refractivity contribution in [3.05, 3.63) is 102 Å². The molecule has 7 rings (SSSR count). The number of rotatable bonds is 7. The molecule has 0 radical (unpaired) electrons. The standard InChI is InChI=1S/C31H25N7OS/c1-18-7-10-27(40-18)22-11-12-33-31-23(22)15-26(36-31)30-29-25(37-38-30)9-8-24(35-29)20-14-21(17-32-16-20)34-28(39)13-19-5-3-2-4-6-19/h2-12,14-17,28,34,39H,13H2,1H3,(H,33,36)(H,37,38). The van der Waals surface area contributed by atoms with Gasteiger partial charge in [-0.2, -0.15) is 5.10 Å². The quantitative estimate of drug-likeness (QED) is 0.169. The van der Waals surface area contributed by atoms with Crippen LogP contribution in [0.5, 0.6) is 0 Å². The van der Waals surface area contributed by atoms with Crippen molar-refractivity contribution in [1.82, 2.24) is 30.1 Å². The van der Waals surface area contributed by atoms with Gasteiger partial charge in [-0.05, 0) is 55.0 Å². The van der Waals surface area contributed by atoms with Gasteiger partial charge >= 0.3 is 0 Å². The molecular weight excluding hydrogens is 518 g/mol. The van der Waals surface area contributed by atoms with E-state index >= 15 is 0 Å². The number of anilines is 1. The van der Waals surface area contributed by atoms with Crippen molar-refractivity contribution in [3.8, 4) is 33.1 Å². The molecule has 0 aliphatic carbocycles. The average Bonchev–Trinajstić information content (AvgIpc) is 3.71. The zero-order valence-corrected chi connectivity index (χ0v) is 22.4. The summed E-state index contributed by atoms with van der Waals surface area (Å²) in [6.45, 7) is 2.11. The van der Waals surface area contributed by atoms with E-state index in [0.29, 0.717) is 12.1 Å². The number of H-pyrrole nitrogens is 2. The maximum absolute atomic E-state index is 10.6. The van der Waals surface area contributed by atoms with E-state index in [9.17, 15) is 5.11 Å². The molecule has 40 heavy (non-hydrogen) atoms. The second kappa shape index (κ2) is 10.0. The summed E-state index contributed by atoms with van der Waals surface area (Å²) in [5, 5.41) is 22.5. The number of aromatic amines is 2. The van der Waals surface area contributed by atoms with Crippen molar-refractivity contribution in [1.29, 1.82) is 0 Å². The number of pyridine rings is 3. The van der Waals surface area contributed by atoms with Gasteiger partial charge in [0, 0.05) is 45.1 Å². The minimum absolute atomic E-state index is 0.487. The normalized spacial score (nSPS) is 12.2. The lowest BCUT2D eigenvalue weighted by Gasteiger charge is -2.14. The zero-order valence-electron chi connectivity index (χ0n) is 21.6. The van der Waals surface area contributed by atoms with Crippen molar-refractivity contribution in [2.45, 2.75) is 19.6 Å². The van der Waals surface area contributed by atoms with E-state index in [1.54, 1.807) is 23.7 Å². The lowest BCUT2D eigenvalue weighted by molar-refractivity contribution is 0.204. The molecule has 1 atom stereocenters. The molecule has 1 aromatic carbocycles. The first-order valence-electron chi connectivity index (χ1n) is 12.9. The molecule has 0 fully saturated rings. The minimum atomic E-state index is -0.742. The Morgan fingerprint density at radius 3 is 2.75 bits per heavy atom. The highest BCUT2D eigenvalue weighted by Gasteiger charge is 2.17. The summed E-state index contributed by atoms with van der Waals surface area (Å²) in [4.78, 5) is 19.8. The Labute approximate surface area is 233 Å². The topological polar surface area (TPSA) is 115 Å². The Bertz CT molecular complexity index is 1960. The average molecular weight is 544 g/mol. The van der Waals surface area contributed by atoms with Crippen LogP contribution in [-0.4, -0.2) is 41.5 Å². The van der Waals surface area contributed by atoms with E-state index in [-0.39, 0.29) is 0 Å². The highest BCUT2D eigenvalue weighted by molar-refractivity contribution is 7.15. The van der Waals surface area contributed by atoms with Gasteiger partial charge in [0.05, 0.1) is 28.8 Å². The highest BCUT2D eigenvalue weighted by Crippen LogP contribution is 2.36. The molecule has 6 aromatic heterocycles. The van der Waals surface area contributed by atoms with Crippen LogP contribution in [0.2, 0.25) is 0 Å². The molecule has 0 aliphatic heterocycles. The van der Waals surface area contributed by atoms with Crippen LogP contribution >= 0.6 is 11.3 Å². The summed E-state index contributed by atoms with van der Waals surface area (Å²) in [6, 6.07) is 24.2. The largest absolute Gasteiger partial charge is 0.373 e. The fourth-order valence-electron chi connectivity index (χ4n) is 4.94. The second-order valence-electron chi connectivity index (χ2n) is 9.69. The fraction of sp³-hybridized carbons (Fsp3) is 0.0968. The van der Waals surface area contributed by atoms with Crippen LogP contribution in [0.3, 0.4) is 0 Å². The van der Waals surface area contributed by atoms with E-state index in [1.165, 1.54) is 9.75 Å². The predicted molar refractivity (Wildman–Crippen MR) is 160 cm³/mol. The molecule has 0 bridgehead atoms. The van der Waals surface area contributed by atoms with Gasteiger partial charge in [-0.15, -0.1) is 11.3 Å². The van der Waals surface area contributed by atoms with Crippen LogP contribution in [0, 0.1) is 6.92 Å². The number of nitrogens with zero attached hydrogens (tertiary/aromatic N) is 4. The third-order valence-corrected chi connectivity index (χ3v) is 7.87. The van der Waals surface area contributed by atoms with Gasteiger partial charge in [0.15, 0.2) is 0 Å². The van der Waals surface area contributed by atoms with E-state index < -0.39 is 6.23 Å². The van der Waals surface area contributed by atoms with Crippen LogP contribution in [0.15, 0.2) is 91.4 Å². The number of benzene rings is 1. The summed E-state index contributed by atoms with van der Waals surface area (Å²) in [6.07, 6.45) is 5.04. The Morgan fingerprint density at radius 1 is 1.00 bits per heavy atom. The summed E-state index contributed by atoms with van der Waals surface area (Å²) in [5.41, 5.74) is 8.46. The van der Waals surface area contributed by atoms with Crippen LogP contribution < -0.4 is 5.32 Å². The Morgan fingerprint density at radius 2 is 1.90 bits per heavy atom. The number of aromatic nitrogens is 6. The summed E-state index contributed by atoms with van der Waals surface area (Å²) in [7, 11) is 0. The molecule has 7 aromatic rings. The first-order chi connectivity index (χ1) is 19.6. The monoisotopic (exact) mass is 543 g/mol. The van der Waals surface area contributed by atoms with E-state index in [0.717, 1.165) is 55.8 Å². The van der Waals surface area contributed by atoms with Gasteiger partial charge in [-0.25, -0.2) is 9.97 Å². The van der Waals surface area contributed by atoms with Gasteiger partial charge in [-0.3, -0.25) is 10.1 Å². The molecule has 1 unspecified atom stereocenters. The van der Waals surface area contributed by atoms with Crippen LogP contribution in [-0.2, 0) is 6.42 Å². The number of aliphatic hydroxyl groups is 1. The van der Waals surface area contributed by atoms with Crippen LogP contribution in [0.4, 0.5) is 5.69 Å². The number of fused-ring (bicyclic) bond motifs is 2. The number of hydrogen-bond donors (Lipinski definition) is 4. The van der Waals surface area contributed by atoms with E-state index in [1.807, 2.05) is 54.7 Å². The summed E-state index contributed by atoms with van der Waals surface area (Å²) in [5.74, 6) is 0. The molecule has 0 aliphatic rings. The van der Waals surface area contributed by atoms with Gasteiger partial charge in [0.1, 0.15) is 23.1 Å². The molecular formula is C31H25N7OS. The molecule has 0 saturated heterocycles. The molecule has 0 amide bonds. The van der Waals surface area contributed by atoms with Crippen molar-refractivity contribution in [2.24, 2.45) is 0 Å². The molecule has 0 spiro atoms. The van der Waals surface area contributed by atoms with Gasteiger partial charge in [0.25, 0.3) is 0 Å². The van der Waals surface area contributed by atoms with Crippen LogP contribution in [0.25, 0.3) is 55.2 Å². The van der Waals surface area contributed by atoms with Crippen molar-refractivity contribution < 1.29 is 5.11 Å². The molecule has 4 N–H and O–H groups in total. The number of aryl methyl sites for hydroxylation is 1. The maximum Gasteiger partial charge on any atom is 0.138 e. The third-order valence-electron chi connectivity index (χ3n) is 6.84. The predicted octanol–water partition coefficient (Wildman–Crippen LogP) is 6.57. The summed E-state index contributed by atoms with van der Waals surface area (Å²) < 4.78 is 0. The third kappa shape index (κ3) is 4.61. The molecule has 6 heterocycles. The van der Waals surface area contributed by atoms with Crippen molar-refractivity contribution in [2.75, 3.05) is 5.32 Å². The number of thiophene rings is 1. The molecule has 9 heteroatoms. The molecule has 0 saturated carbocycles. The fourth-order valence-corrected chi connectivity index (χ4v) is 5.84. The van der Waals surface area contributed by atoms with E-state index in [2.05, 4.69) is 61.7 Å². The highest BCUT2D eigenvalue weighted by atomic mass is 32.1. The Hall–Kier alpha value is -4.86. The molecule has 196 valence electrons.